The Morgan fingerprint density at radius 2 is 2.13 bits per heavy atom. The first-order chi connectivity index (χ1) is 11.0. The van der Waals surface area contributed by atoms with E-state index in [1.54, 1.807) is 5.38 Å². The van der Waals surface area contributed by atoms with Crippen molar-refractivity contribution in [3.8, 4) is 0 Å². The van der Waals surface area contributed by atoms with Crippen LogP contribution in [0.5, 0.6) is 0 Å². The standard InChI is InChI=1S/C16H26N4O2S/c1-11(2)9-15(21)20-7-4-12(5-8-20)18-16(22)13-10-23-14(19-13)3-6-17/h10-12H,3-9,17H2,1-2H3,(H,18,22). The maximum Gasteiger partial charge on any atom is 0.270 e. The van der Waals surface area contributed by atoms with Crippen LogP contribution in [0.4, 0.5) is 0 Å². The highest BCUT2D eigenvalue weighted by Gasteiger charge is 2.24. The third-order valence-electron chi connectivity index (χ3n) is 3.91. The van der Waals surface area contributed by atoms with E-state index < -0.39 is 0 Å². The Labute approximate surface area is 141 Å². The summed E-state index contributed by atoms with van der Waals surface area (Å²) in [5, 5.41) is 5.70. The highest BCUT2D eigenvalue weighted by Crippen LogP contribution is 2.15. The molecule has 2 rings (SSSR count). The van der Waals surface area contributed by atoms with E-state index in [1.807, 2.05) is 4.90 Å². The van der Waals surface area contributed by atoms with Gasteiger partial charge in [-0.05, 0) is 25.3 Å². The van der Waals surface area contributed by atoms with Crippen LogP contribution in [0.2, 0.25) is 0 Å². The summed E-state index contributed by atoms with van der Waals surface area (Å²) >= 11 is 1.47. The topological polar surface area (TPSA) is 88.3 Å². The maximum atomic E-state index is 12.2. The predicted octanol–water partition coefficient (Wildman–Crippen LogP) is 1.41. The van der Waals surface area contributed by atoms with Crippen LogP contribution in [0.1, 0.15) is 48.6 Å². The van der Waals surface area contributed by atoms with Gasteiger partial charge in [0.15, 0.2) is 0 Å². The smallest absolute Gasteiger partial charge is 0.270 e. The molecule has 3 N–H and O–H groups in total. The number of piperidine rings is 1. The van der Waals surface area contributed by atoms with Crippen LogP contribution in [-0.4, -0.2) is 47.4 Å². The molecule has 0 radical (unpaired) electrons. The Bertz CT molecular complexity index is 536. The molecule has 1 aromatic heterocycles. The first-order valence-corrected chi connectivity index (χ1v) is 9.10. The SMILES string of the molecule is CC(C)CC(=O)N1CCC(NC(=O)c2csc(CCN)n2)CC1. The fraction of sp³-hybridized carbons (Fsp3) is 0.688. The van der Waals surface area contributed by atoms with Crippen LogP contribution in [0, 0.1) is 5.92 Å². The van der Waals surface area contributed by atoms with Crippen molar-refractivity contribution in [2.75, 3.05) is 19.6 Å². The highest BCUT2D eigenvalue weighted by atomic mass is 32.1. The monoisotopic (exact) mass is 338 g/mol. The molecule has 0 atom stereocenters. The van der Waals surface area contributed by atoms with Crippen molar-refractivity contribution in [3.63, 3.8) is 0 Å². The van der Waals surface area contributed by atoms with Gasteiger partial charge in [-0.15, -0.1) is 11.3 Å². The molecule has 1 fully saturated rings. The Morgan fingerprint density at radius 1 is 1.43 bits per heavy atom. The van der Waals surface area contributed by atoms with Crippen LogP contribution in [-0.2, 0) is 11.2 Å². The zero-order chi connectivity index (χ0) is 16.8. The van der Waals surface area contributed by atoms with E-state index in [9.17, 15) is 9.59 Å². The van der Waals surface area contributed by atoms with Crippen molar-refractivity contribution in [1.82, 2.24) is 15.2 Å². The Balaban J connectivity index is 1.79. The molecule has 0 spiro atoms. The minimum absolute atomic E-state index is 0.116. The molecule has 128 valence electrons. The lowest BCUT2D eigenvalue weighted by Gasteiger charge is -2.32. The Morgan fingerprint density at radius 3 is 2.74 bits per heavy atom. The van der Waals surface area contributed by atoms with Crippen LogP contribution < -0.4 is 11.1 Å². The molecule has 1 aliphatic heterocycles. The van der Waals surface area contributed by atoms with Gasteiger partial charge in [0.2, 0.25) is 5.91 Å². The molecule has 0 aromatic carbocycles. The maximum absolute atomic E-state index is 12.2. The van der Waals surface area contributed by atoms with Crippen LogP contribution in [0.3, 0.4) is 0 Å². The van der Waals surface area contributed by atoms with Gasteiger partial charge in [0, 0.05) is 37.4 Å². The van der Waals surface area contributed by atoms with Crippen molar-refractivity contribution in [2.45, 2.75) is 45.6 Å². The summed E-state index contributed by atoms with van der Waals surface area (Å²) in [6.45, 7) is 6.07. The van der Waals surface area contributed by atoms with Gasteiger partial charge in [-0.25, -0.2) is 4.98 Å². The number of hydrogen-bond donors (Lipinski definition) is 2. The first-order valence-electron chi connectivity index (χ1n) is 8.22. The van der Waals surface area contributed by atoms with Crippen molar-refractivity contribution in [3.05, 3.63) is 16.1 Å². The van der Waals surface area contributed by atoms with Gasteiger partial charge in [0.25, 0.3) is 5.91 Å². The summed E-state index contributed by atoms with van der Waals surface area (Å²) in [5.41, 5.74) is 5.97. The van der Waals surface area contributed by atoms with Crippen molar-refractivity contribution < 1.29 is 9.59 Å². The number of amides is 2. The number of aromatic nitrogens is 1. The second-order valence-corrected chi connectivity index (χ2v) is 7.33. The number of rotatable bonds is 6. The lowest BCUT2D eigenvalue weighted by molar-refractivity contribution is -0.133. The molecule has 2 amide bonds. The molecular formula is C16H26N4O2S. The molecule has 0 unspecified atom stereocenters. The molecule has 7 heteroatoms. The van der Waals surface area contributed by atoms with E-state index in [0.29, 0.717) is 44.1 Å². The summed E-state index contributed by atoms with van der Waals surface area (Å²) in [4.78, 5) is 30.5. The molecule has 0 aliphatic carbocycles. The summed E-state index contributed by atoms with van der Waals surface area (Å²) in [6.07, 6.45) is 2.90. The van der Waals surface area contributed by atoms with E-state index in [-0.39, 0.29) is 17.9 Å². The minimum atomic E-state index is -0.128. The third kappa shape index (κ3) is 5.28. The van der Waals surface area contributed by atoms with Crippen molar-refractivity contribution >= 4 is 23.2 Å². The summed E-state index contributed by atoms with van der Waals surface area (Å²) in [5.74, 6) is 0.472. The Hall–Kier alpha value is -1.47. The number of nitrogens with zero attached hydrogens (tertiary/aromatic N) is 2. The van der Waals surface area contributed by atoms with E-state index in [0.717, 1.165) is 17.8 Å². The van der Waals surface area contributed by atoms with E-state index >= 15 is 0 Å². The van der Waals surface area contributed by atoms with Gasteiger partial charge in [0.1, 0.15) is 5.69 Å². The molecule has 0 saturated carbocycles. The molecule has 1 aliphatic rings. The van der Waals surface area contributed by atoms with Gasteiger partial charge in [-0.3, -0.25) is 9.59 Å². The van der Waals surface area contributed by atoms with Crippen LogP contribution in [0.15, 0.2) is 5.38 Å². The number of nitrogens with two attached hydrogens (primary N) is 1. The number of thiazole rings is 1. The average Bonchev–Trinajstić information content (AvgIpc) is 2.96. The fourth-order valence-electron chi connectivity index (χ4n) is 2.66. The van der Waals surface area contributed by atoms with E-state index in [2.05, 4.69) is 24.1 Å². The summed E-state index contributed by atoms with van der Waals surface area (Å²) in [6, 6.07) is 0.116. The molecule has 6 nitrogen and oxygen atoms in total. The van der Waals surface area contributed by atoms with E-state index in [1.165, 1.54) is 11.3 Å². The van der Waals surface area contributed by atoms with Gasteiger partial charge in [-0.2, -0.15) is 0 Å². The second kappa shape index (κ2) is 8.40. The zero-order valence-corrected chi connectivity index (χ0v) is 14.7. The second-order valence-electron chi connectivity index (χ2n) is 6.39. The lowest BCUT2D eigenvalue weighted by atomic mass is 10.0. The quantitative estimate of drug-likeness (QED) is 0.821. The molecule has 1 saturated heterocycles. The molecule has 1 aromatic rings. The van der Waals surface area contributed by atoms with Gasteiger partial charge >= 0.3 is 0 Å². The number of likely N-dealkylation sites (tertiary alicyclic amines) is 1. The van der Waals surface area contributed by atoms with Gasteiger partial charge < -0.3 is 16.0 Å². The van der Waals surface area contributed by atoms with Crippen molar-refractivity contribution in [2.24, 2.45) is 11.7 Å². The number of carbonyl (C=O) groups is 2. The summed E-state index contributed by atoms with van der Waals surface area (Å²) in [7, 11) is 0. The zero-order valence-electron chi connectivity index (χ0n) is 13.9. The lowest BCUT2D eigenvalue weighted by Crippen LogP contribution is -2.46. The minimum Gasteiger partial charge on any atom is -0.348 e. The third-order valence-corrected chi connectivity index (χ3v) is 4.82. The largest absolute Gasteiger partial charge is 0.348 e. The molecule has 0 bridgehead atoms. The van der Waals surface area contributed by atoms with Crippen LogP contribution in [0.25, 0.3) is 0 Å². The normalized spacial score (nSPS) is 15.9. The fourth-order valence-corrected chi connectivity index (χ4v) is 3.46. The first kappa shape index (κ1) is 17.9. The van der Waals surface area contributed by atoms with Crippen molar-refractivity contribution in [1.29, 1.82) is 0 Å². The highest BCUT2D eigenvalue weighted by molar-refractivity contribution is 7.09. The molecule has 23 heavy (non-hydrogen) atoms. The van der Waals surface area contributed by atoms with Gasteiger partial charge in [-0.1, -0.05) is 13.8 Å². The average molecular weight is 338 g/mol. The van der Waals surface area contributed by atoms with Gasteiger partial charge in [0.05, 0.1) is 5.01 Å². The number of nitrogens with one attached hydrogen (secondary N) is 1. The summed E-state index contributed by atoms with van der Waals surface area (Å²) < 4.78 is 0. The Kier molecular flexibility index (Phi) is 6.53. The molecule has 2 heterocycles. The van der Waals surface area contributed by atoms with E-state index in [4.69, 9.17) is 5.73 Å². The number of hydrogen-bond acceptors (Lipinski definition) is 5. The van der Waals surface area contributed by atoms with Crippen LogP contribution >= 0.6 is 11.3 Å². The molecular weight excluding hydrogens is 312 g/mol. The number of carbonyl (C=O) groups excluding carboxylic acids is 2. The predicted molar refractivity (Wildman–Crippen MR) is 91.4 cm³/mol.